The lowest BCUT2D eigenvalue weighted by Crippen LogP contribution is -2.10. The van der Waals surface area contributed by atoms with Crippen molar-refractivity contribution in [2.24, 2.45) is 0 Å². The van der Waals surface area contributed by atoms with Gasteiger partial charge >= 0.3 is 0 Å². The average Bonchev–Trinajstić information content (AvgIpc) is 2.76. The molecule has 0 saturated carbocycles. The molecular formula is C11H13ClN4O. The van der Waals surface area contributed by atoms with Gasteiger partial charge in [0.05, 0.1) is 11.9 Å². The molecule has 2 aromatic rings. The Morgan fingerprint density at radius 2 is 2.29 bits per heavy atom. The number of aryl methyl sites for hydroxylation is 1. The second-order valence-electron chi connectivity index (χ2n) is 3.65. The van der Waals surface area contributed by atoms with Crippen LogP contribution in [0.15, 0.2) is 24.4 Å². The quantitative estimate of drug-likeness (QED) is 0.814. The number of hydrogen-bond acceptors (Lipinski definition) is 4. The highest BCUT2D eigenvalue weighted by Gasteiger charge is 2.18. The summed E-state index contributed by atoms with van der Waals surface area (Å²) in [5.74, 6) is 0. The zero-order chi connectivity index (χ0) is 12.4. The van der Waals surface area contributed by atoms with Crippen LogP contribution < -0.4 is 5.73 Å². The minimum Gasteiger partial charge on any atom is -0.398 e. The highest BCUT2D eigenvalue weighted by Crippen LogP contribution is 2.28. The van der Waals surface area contributed by atoms with E-state index in [4.69, 9.17) is 17.3 Å². The van der Waals surface area contributed by atoms with Crippen LogP contribution in [0, 0.1) is 0 Å². The van der Waals surface area contributed by atoms with Gasteiger partial charge in [-0.15, -0.1) is 5.10 Å². The van der Waals surface area contributed by atoms with Gasteiger partial charge in [-0.25, -0.2) is 4.68 Å². The van der Waals surface area contributed by atoms with Gasteiger partial charge in [-0.05, 0) is 19.1 Å². The Hall–Kier alpha value is -1.59. The Morgan fingerprint density at radius 1 is 1.53 bits per heavy atom. The summed E-state index contributed by atoms with van der Waals surface area (Å²) in [5, 5.41) is 18.4. The Morgan fingerprint density at radius 3 is 2.94 bits per heavy atom. The van der Waals surface area contributed by atoms with Crippen LogP contribution in [-0.2, 0) is 6.54 Å². The van der Waals surface area contributed by atoms with Gasteiger partial charge in [0.15, 0.2) is 0 Å². The van der Waals surface area contributed by atoms with E-state index in [1.807, 2.05) is 6.92 Å². The molecule has 2 rings (SSSR count). The van der Waals surface area contributed by atoms with E-state index >= 15 is 0 Å². The van der Waals surface area contributed by atoms with Crippen LogP contribution in [0.4, 0.5) is 5.69 Å². The molecular weight excluding hydrogens is 240 g/mol. The fourth-order valence-electron chi connectivity index (χ4n) is 1.68. The summed E-state index contributed by atoms with van der Waals surface area (Å²) in [5.41, 5.74) is 7.49. The normalized spacial score (nSPS) is 12.6. The summed E-state index contributed by atoms with van der Waals surface area (Å²) >= 11 is 5.81. The molecule has 0 spiro atoms. The fourth-order valence-corrected chi connectivity index (χ4v) is 1.86. The van der Waals surface area contributed by atoms with Crippen LogP contribution >= 0.6 is 11.6 Å². The Bertz CT molecular complexity index is 526. The number of aliphatic hydroxyl groups excluding tert-OH is 1. The summed E-state index contributed by atoms with van der Waals surface area (Å²) in [6, 6.07) is 5.01. The largest absolute Gasteiger partial charge is 0.398 e. The van der Waals surface area contributed by atoms with Crippen LogP contribution in [0.3, 0.4) is 0 Å². The molecule has 0 radical (unpaired) electrons. The average molecular weight is 253 g/mol. The number of halogens is 1. The van der Waals surface area contributed by atoms with E-state index in [1.165, 1.54) is 6.20 Å². The Balaban J connectivity index is 2.40. The molecule has 1 aromatic carbocycles. The summed E-state index contributed by atoms with van der Waals surface area (Å²) in [4.78, 5) is 0. The van der Waals surface area contributed by atoms with Gasteiger partial charge in [0.1, 0.15) is 6.10 Å². The molecule has 1 aromatic heterocycles. The van der Waals surface area contributed by atoms with E-state index in [1.54, 1.807) is 22.9 Å². The predicted molar refractivity (Wildman–Crippen MR) is 65.6 cm³/mol. The maximum Gasteiger partial charge on any atom is 0.124 e. The maximum absolute atomic E-state index is 10.2. The Kier molecular flexibility index (Phi) is 3.31. The van der Waals surface area contributed by atoms with E-state index in [0.717, 1.165) is 0 Å². The highest BCUT2D eigenvalue weighted by atomic mass is 35.5. The first-order valence-electron chi connectivity index (χ1n) is 5.25. The van der Waals surface area contributed by atoms with Crippen LogP contribution in [0.5, 0.6) is 0 Å². The molecule has 0 aliphatic heterocycles. The van der Waals surface area contributed by atoms with Gasteiger partial charge in [-0.1, -0.05) is 22.9 Å². The fraction of sp³-hybridized carbons (Fsp3) is 0.273. The second-order valence-corrected chi connectivity index (χ2v) is 4.09. The third-order valence-corrected chi connectivity index (χ3v) is 2.81. The third kappa shape index (κ3) is 2.25. The standard InChI is InChI=1S/C11H13ClN4O/c1-2-16-10(6-14-15-16)11(17)8-4-3-7(12)5-9(8)13/h3-6,11,17H,2,13H2,1H3. The van der Waals surface area contributed by atoms with Crippen molar-refractivity contribution >= 4 is 17.3 Å². The zero-order valence-corrected chi connectivity index (χ0v) is 10.1. The molecule has 1 atom stereocenters. The van der Waals surface area contributed by atoms with Crippen LogP contribution in [0.2, 0.25) is 5.02 Å². The van der Waals surface area contributed by atoms with Gasteiger partial charge in [-0.3, -0.25) is 0 Å². The van der Waals surface area contributed by atoms with Crippen LogP contribution in [0.25, 0.3) is 0 Å². The number of rotatable bonds is 3. The smallest absolute Gasteiger partial charge is 0.124 e. The summed E-state index contributed by atoms with van der Waals surface area (Å²) in [6.45, 7) is 2.57. The van der Waals surface area contributed by atoms with Crippen molar-refractivity contribution in [2.75, 3.05) is 5.73 Å². The van der Waals surface area contributed by atoms with E-state index in [0.29, 0.717) is 28.5 Å². The lowest BCUT2D eigenvalue weighted by atomic mass is 10.1. The lowest BCUT2D eigenvalue weighted by molar-refractivity contribution is 0.209. The van der Waals surface area contributed by atoms with Crippen LogP contribution in [0.1, 0.15) is 24.3 Å². The molecule has 0 aliphatic carbocycles. The monoisotopic (exact) mass is 252 g/mol. The minimum absolute atomic E-state index is 0.453. The van der Waals surface area contributed by atoms with Crippen LogP contribution in [-0.4, -0.2) is 20.1 Å². The van der Waals surface area contributed by atoms with Gasteiger partial charge in [0.2, 0.25) is 0 Å². The molecule has 3 N–H and O–H groups in total. The van der Waals surface area contributed by atoms with Crippen molar-refractivity contribution in [2.45, 2.75) is 19.6 Å². The molecule has 6 heteroatoms. The predicted octanol–water partition coefficient (Wildman–Crippen LogP) is 1.62. The molecule has 0 bridgehead atoms. The van der Waals surface area contributed by atoms with E-state index in [9.17, 15) is 5.11 Å². The van der Waals surface area contributed by atoms with Gasteiger partial charge < -0.3 is 10.8 Å². The van der Waals surface area contributed by atoms with Crippen molar-refractivity contribution < 1.29 is 5.11 Å². The van der Waals surface area contributed by atoms with Crippen molar-refractivity contribution in [3.8, 4) is 0 Å². The number of aromatic nitrogens is 3. The third-order valence-electron chi connectivity index (χ3n) is 2.57. The number of aliphatic hydroxyl groups is 1. The van der Waals surface area contributed by atoms with Crippen molar-refractivity contribution in [1.29, 1.82) is 0 Å². The second kappa shape index (κ2) is 4.73. The van der Waals surface area contributed by atoms with E-state index in [2.05, 4.69) is 10.3 Å². The summed E-state index contributed by atoms with van der Waals surface area (Å²) in [6.07, 6.45) is 0.685. The van der Waals surface area contributed by atoms with Crippen molar-refractivity contribution in [3.05, 3.63) is 40.7 Å². The minimum atomic E-state index is -0.845. The number of anilines is 1. The SMILES string of the molecule is CCn1nncc1C(O)c1ccc(Cl)cc1N. The number of benzene rings is 1. The van der Waals surface area contributed by atoms with Crippen molar-refractivity contribution in [1.82, 2.24) is 15.0 Å². The highest BCUT2D eigenvalue weighted by molar-refractivity contribution is 6.30. The maximum atomic E-state index is 10.2. The molecule has 0 fully saturated rings. The van der Waals surface area contributed by atoms with E-state index < -0.39 is 6.10 Å². The first kappa shape index (κ1) is 11.9. The molecule has 1 unspecified atom stereocenters. The molecule has 17 heavy (non-hydrogen) atoms. The van der Waals surface area contributed by atoms with Gasteiger partial charge in [0.25, 0.3) is 0 Å². The number of nitrogens with zero attached hydrogens (tertiary/aromatic N) is 3. The first-order chi connectivity index (χ1) is 8.13. The van der Waals surface area contributed by atoms with E-state index in [-0.39, 0.29) is 0 Å². The molecule has 0 saturated heterocycles. The first-order valence-corrected chi connectivity index (χ1v) is 5.62. The zero-order valence-electron chi connectivity index (χ0n) is 9.34. The van der Waals surface area contributed by atoms with Gasteiger partial charge in [-0.2, -0.15) is 0 Å². The Labute approximate surface area is 104 Å². The number of nitrogen functional groups attached to an aromatic ring is 1. The van der Waals surface area contributed by atoms with Crippen molar-refractivity contribution in [3.63, 3.8) is 0 Å². The summed E-state index contributed by atoms with van der Waals surface area (Å²) in [7, 11) is 0. The number of hydrogen-bond donors (Lipinski definition) is 2. The molecule has 0 amide bonds. The van der Waals surface area contributed by atoms with Gasteiger partial charge in [0, 0.05) is 22.8 Å². The molecule has 90 valence electrons. The number of nitrogens with two attached hydrogens (primary N) is 1. The molecule has 0 aliphatic rings. The topological polar surface area (TPSA) is 77.0 Å². The molecule has 1 heterocycles. The summed E-state index contributed by atoms with van der Waals surface area (Å²) < 4.78 is 1.62. The lowest BCUT2D eigenvalue weighted by Gasteiger charge is -2.14. The molecule has 5 nitrogen and oxygen atoms in total.